The number of nitrogens with zero attached hydrogens (tertiary/aromatic N) is 3. The summed E-state index contributed by atoms with van der Waals surface area (Å²) in [5.41, 5.74) is 1.79. The summed E-state index contributed by atoms with van der Waals surface area (Å²) in [4.78, 5) is 33.8. The topological polar surface area (TPSA) is 95.4 Å². The Kier molecular flexibility index (Phi) is 5.23. The molecule has 0 bridgehead atoms. The second-order valence-corrected chi connectivity index (χ2v) is 5.98. The van der Waals surface area contributed by atoms with Gasteiger partial charge in [-0.2, -0.15) is 0 Å². The number of carbonyl (C=O) groups is 2. The lowest BCUT2D eigenvalue weighted by Crippen LogP contribution is -2.22. The maximum atomic E-state index is 12.4. The molecule has 1 aromatic heterocycles. The van der Waals surface area contributed by atoms with Gasteiger partial charge in [-0.15, -0.1) is 0 Å². The number of carbonyl (C=O) groups excluding carboxylic acids is 1. The fourth-order valence-electron chi connectivity index (χ4n) is 2.80. The minimum Gasteiger partial charge on any atom is -0.481 e. The van der Waals surface area contributed by atoms with Gasteiger partial charge in [0.15, 0.2) is 0 Å². The lowest BCUT2D eigenvalue weighted by Gasteiger charge is -2.15. The molecule has 0 saturated carbocycles. The Hall–Kier alpha value is -2.96. The van der Waals surface area contributed by atoms with Crippen molar-refractivity contribution in [1.82, 2.24) is 9.97 Å². The van der Waals surface area contributed by atoms with Crippen molar-refractivity contribution in [2.75, 3.05) is 23.3 Å². The molecule has 7 nitrogen and oxygen atoms in total. The van der Waals surface area contributed by atoms with E-state index in [9.17, 15) is 9.59 Å². The van der Waals surface area contributed by atoms with E-state index in [2.05, 4.69) is 20.2 Å². The zero-order valence-corrected chi connectivity index (χ0v) is 13.8. The van der Waals surface area contributed by atoms with E-state index in [1.54, 1.807) is 30.5 Å². The summed E-state index contributed by atoms with van der Waals surface area (Å²) in [5, 5.41) is 11.6. The van der Waals surface area contributed by atoms with Crippen molar-refractivity contribution in [1.29, 1.82) is 0 Å². The maximum absolute atomic E-state index is 12.4. The van der Waals surface area contributed by atoms with Gasteiger partial charge in [0.1, 0.15) is 5.69 Å². The minimum absolute atomic E-state index is 0.0580. The zero-order valence-electron chi connectivity index (χ0n) is 13.8. The van der Waals surface area contributed by atoms with Crippen LogP contribution in [0.3, 0.4) is 0 Å². The number of aryl methyl sites for hydroxylation is 1. The Balaban J connectivity index is 1.68. The van der Waals surface area contributed by atoms with Crippen molar-refractivity contribution in [2.24, 2.45) is 0 Å². The van der Waals surface area contributed by atoms with Gasteiger partial charge in [-0.05, 0) is 43.0 Å². The lowest BCUT2D eigenvalue weighted by molar-refractivity contribution is -0.136. The number of anilines is 2. The molecule has 2 aromatic rings. The number of hydrogen-bond acceptors (Lipinski definition) is 5. The molecule has 130 valence electrons. The third kappa shape index (κ3) is 4.53. The molecule has 1 amide bonds. The molecular weight excluding hydrogens is 320 g/mol. The molecule has 25 heavy (non-hydrogen) atoms. The zero-order chi connectivity index (χ0) is 17.6. The fraction of sp³-hybridized carbons (Fsp3) is 0.333. The van der Waals surface area contributed by atoms with E-state index < -0.39 is 5.97 Å². The number of amides is 1. The van der Waals surface area contributed by atoms with E-state index in [0.29, 0.717) is 23.8 Å². The van der Waals surface area contributed by atoms with Gasteiger partial charge in [-0.3, -0.25) is 9.59 Å². The van der Waals surface area contributed by atoms with E-state index in [-0.39, 0.29) is 12.3 Å². The second-order valence-electron chi connectivity index (χ2n) is 5.98. The van der Waals surface area contributed by atoms with Crippen LogP contribution in [-0.2, 0) is 11.2 Å². The number of rotatable bonds is 6. The third-order valence-electron chi connectivity index (χ3n) is 4.08. The second kappa shape index (κ2) is 7.74. The SMILES string of the molecule is O=C(O)CCc1cccc(NC(=O)c2ccnc(N3CCCC3)n2)c1. The number of hydrogen-bond donors (Lipinski definition) is 2. The minimum atomic E-state index is -0.843. The molecule has 2 N–H and O–H groups in total. The predicted octanol–water partition coefficient (Wildman–Crippen LogP) is 2.35. The van der Waals surface area contributed by atoms with Crippen LogP contribution in [0.25, 0.3) is 0 Å². The molecule has 1 fully saturated rings. The van der Waals surface area contributed by atoms with Crippen LogP contribution in [0.2, 0.25) is 0 Å². The van der Waals surface area contributed by atoms with Gasteiger partial charge in [0.2, 0.25) is 5.95 Å². The van der Waals surface area contributed by atoms with Crippen LogP contribution in [-0.4, -0.2) is 40.0 Å². The highest BCUT2D eigenvalue weighted by molar-refractivity contribution is 6.03. The molecule has 3 rings (SSSR count). The molecule has 1 aromatic carbocycles. The number of benzene rings is 1. The van der Waals surface area contributed by atoms with Crippen LogP contribution in [0.1, 0.15) is 35.3 Å². The number of aromatic nitrogens is 2. The van der Waals surface area contributed by atoms with Gasteiger partial charge >= 0.3 is 5.97 Å². The van der Waals surface area contributed by atoms with Crippen molar-refractivity contribution >= 4 is 23.5 Å². The van der Waals surface area contributed by atoms with E-state index in [1.807, 2.05) is 6.07 Å². The standard InChI is InChI=1S/C18H20N4O3/c23-16(24)7-6-13-4-3-5-14(12-13)20-17(25)15-8-9-19-18(21-15)22-10-1-2-11-22/h3-5,8-9,12H,1-2,6-7,10-11H2,(H,20,25)(H,23,24). The molecule has 1 aliphatic rings. The molecule has 0 radical (unpaired) electrons. The number of nitrogens with one attached hydrogen (secondary N) is 1. The first-order valence-electron chi connectivity index (χ1n) is 8.32. The molecule has 0 unspecified atom stereocenters. The molecule has 0 aliphatic carbocycles. The Morgan fingerprint density at radius 1 is 1.20 bits per heavy atom. The summed E-state index contributed by atoms with van der Waals surface area (Å²) in [6.07, 6.45) is 4.30. The molecule has 7 heteroatoms. The van der Waals surface area contributed by atoms with Crippen molar-refractivity contribution in [3.8, 4) is 0 Å². The molecule has 0 atom stereocenters. The van der Waals surface area contributed by atoms with Crippen molar-refractivity contribution < 1.29 is 14.7 Å². The van der Waals surface area contributed by atoms with Crippen molar-refractivity contribution in [2.45, 2.75) is 25.7 Å². The van der Waals surface area contributed by atoms with Crippen LogP contribution in [0.5, 0.6) is 0 Å². The molecular formula is C18H20N4O3. The monoisotopic (exact) mass is 340 g/mol. The first kappa shape index (κ1) is 16.9. The van der Waals surface area contributed by atoms with Crippen molar-refractivity contribution in [3.05, 3.63) is 47.8 Å². The molecule has 2 heterocycles. The Morgan fingerprint density at radius 2 is 2.00 bits per heavy atom. The van der Waals surface area contributed by atoms with Crippen LogP contribution in [0, 0.1) is 0 Å². The van der Waals surface area contributed by atoms with Crippen LogP contribution in [0.4, 0.5) is 11.6 Å². The van der Waals surface area contributed by atoms with Gasteiger partial charge in [0.05, 0.1) is 0 Å². The van der Waals surface area contributed by atoms with E-state index in [4.69, 9.17) is 5.11 Å². The molecule has 1 aliphatic heterocycles. The van der Waals surface area contributed by atoms with Gasteiger partial charge in [-0.25, -0.2) is 9.97 Å². The first-order chi connectivity index (χ1) is 12.1. The average Bonchev–Trinajstić information content (AvgIpc) is 3.15. The number of carboxylic acid groups (broad SMARTS) is 1. The van der Waals surface area contributed by atoms with E-state index >= 15 is 0 Å². The van der Waals surface area contributed by atoms with Gasteiger partial charge in [-0.1, -0.05) is 12.1 Å². The van der Waals surface area contributed by atoms with Crippen LogP contribution in [0.15, 0.2) is 36.5 Å². The van der Waals surface area contributed by atoms with Crippen LogP contribution >= 0.6 is 0 Å². The highest BCUT2D eigenvalue weighted by atomic mass is 16.4. The first-order valence-corrected chi connectivity index (χ1v) is 8.32. The Bertz CT molecular complexity index is 772. The largest absolute Gasteiger partial charge is 0.481 e. The lowest BCUT2D eigenvalue weighted by atomic mass is 10.1. The summed E-state index contributed by atoms with van der Waals surface area (Å²) in [7, 11) is 0. The predicted molar refractivity (Wildman–Crippen MR) is 93.8 cm³/mol. The fourth-order valence-corrected chi connectivity index (χ4v) is 2.80. The smallest absolute Gasteiger partial charge is 0.303 e. The van der Waals surface area contributed by atoms with Gasteiger partial charge in [0, 0.05) is 31.4 Å². The van der Waals surface area contributed by atoms with Gasteiger partial charge in [0.25, 0.3) is 5.91 Å². The summed E-state index contributed by atoms with van der Waals surface area (Å²) >= 11 is 0. The van der Waals surface area contributed by atoms with E-state index in [1.165, 1.54) is 0 Å². The summed E-state index contributed by atoms with van der Waals surface area (Å²) < 4.78 is 0. The highest BCUT2D eigenvalue weighted by Crippen LogP contribution is 2.17. The maximum Gasteiger partial charge on any atom is 0.303 e. The van der Waals surface area contributed by atoms with Gasteiger partial charge < -0.3 is 15.3 Å². The summed E-state index contributed by atoms with van der Waals surface area (Å²) in [6.45, 7) is 1.83. The Labute approximate surface area is 145 Å². The number of carboxylic acids is 1. The molecule has 1 saturated heterocycles. The number of aliphatic carboxylic acids is 1. The quantitative estimate of drug-likeness (QED) is 0.838. The highest BCUT2D eigenvalue weighted by Gasteiger charge is 2.17. The van der Waals surface area contributed by atoms with Crippen molar-refractivity contribution in [3.63, 3.8) is 0 Å². The third-order valence-corrected chi connectivity index (χ3v) is 4.08. The molecule has 0 spiro atoms. The van der Waals surface area contributed by atoms with E-state index in [0.717, 1.165) is 31.5 Å². The average molecular weight is 340 g/mol. The Morgan fingerprint density at radius 3 is 2.76 bits per heavy atom. The summed E-state index contributed by atoms with van der Waals surface area (Å²) in [6, 6.07) is 8.77. The normalized spacial score (nSPS) is 13.7. The van der Waals surface area contributed by atoms with Crippen LogP contribution < -0.4 is 10.2 Å². The summed E-state index contributed by atoms with van der Waals surface area (Å²) in [5.74, 6) is -0.566.